The number of methoxy groups -OCH3 is 2. The van der Waals surface area contributed by atoms with Gasteiger partial charge in [0.2, 0.25) is 5.91 Å². The van der Waals surface area contributed by atoms with Crippen molar-refractivity contribution < 1.29 is 14.3 Å². The number of benzene rings is 2. The monoisotopic (exact) mass is 371 g/mol. The van der Waals surface area contributed by atoms with Gasteiger partial charge in [-0.3, -0.25) is 4.79 Å². The van der Waals surface area contributed by atoms with Gasteiger partial charge in [0, 0.05) is 21.7 Å². The molecule has 4 nitrogen and oxygen atoms in total. The molecule has 0 spiro atoms. The molecule has 1 amide bonds. The Kier molecular flexibility index (Phi) is 6.45. The molecule has 0 saturated carbocycles. The van der Waals surface area contributed by atoms with Crippen molar-refractivity contribution in [3.63, 3.8) is 0 Å². The minimum absolute atomic E-state index is 0.154. The number of hydrogen-bond donors (Lipinski definition) is 1. The molecular formula is C16H15Cl2NO3S. The third-order valence-electron chi connectivity index (χ3n) is 2.92. The summed E-state index contributed by atoms with van der Waals surface area (Å²) in [4.78, 5) is 12.8. The quantitative estimate of drug-likeness (QED) is 0.744. The predicted molar refractivity (Wildman–Crippen MR) is 95.4 cm³/mol. The maximum atomic E-state index is 12.1. The highest BCUT2D eigenvalue weighted by Crippen LogP contribution is 2.31. The van der Waals surface area contributed by atoms with E-state index in [9.17, 15) is 4.79 Å². The summed E-state index contributed by atoms with van der Waals surface area (Å²) in [6.07, 6.45) is 0. The second-order valence-electron chi connectivity index (χ2n) is 4.48. The lowest BCUT2D eigenvalue weighted by Crippen LogP contribution is -2.14. The minimum Gasteiger partial charge on any atom is -0.493 e. The summed E-state index contributed by atoms with van der Waals surface area (Å²) in [5.41, 5.74) is 0.630. The number of anilines is 1. The third kappa shape index (κ3) is 4.96. The first kappa shape index (κ1) is 17.8. The van der Waals surface area contributed by atoms with Gasteiger partial charge in [0.25, 0.3) is 0 Å². The van der Waals surface area contributed by atoms with Gasteiger partial charge in [-0.1, -0.05) is 23.2 Å². The highest BCUT2D eigenvalue weighted by atomic mass is 35.5. The molecule has 2 aromatic rings. The van der Waals surface area contributed by atoms with E-state index in [1.165, 1.54) is 11.8 Å². The standard InChI is InChI=1S/C16H15Cl2NO3S/c1-21-13-6-4-11(8-14(13)22-2)19-16(20)9-23-15-7-10(17)3-5-12(15)18/h3-8H,9H2,1-2H3,(H,19,20). The molecule has 0 unspecified atom stereocenters. The van der Waals surface area contributed by atoms with Crippen LogP contribution in [0.4, 0.5) is 5.69 Å². The van der Waals surface area contributed by atoms with E-state index in [0.29, 0.717) is 27.2 Å². The molecule has 0 aliphatic carbocycles. The number of hydrogen-bond acceptors (Lipinski definition) is 4. The van der Waals surface area contributed by atoms with E-state index >= 15 is 0 Å². The fourth-order valence-electron chi connectivity index (χ4n) is 1.84. The first-order chi connectivity index (χ1) is 11.0. The topological polar surface area (TPSA) is 47.6 Å². The van der Waals surface area contributed by atoms with Crippen LogP contribution in [-0.4, -0.2) is 25.9 Å². The molecule has 0 aliphatic rings. The lowest BCUT2D eigenvalue weighted by Gasteiger charge is -2.10. The van der Waals surface area contributed by atoms with Crippen molar-refractivity contribution >= 4 is 46.6 Å². The lowest BCUT2D eigenvalue weighted by molar-refractivity contribution is -0.113. The molecule has 23 heavy (non-hydrogen) atoms. The number of amides is 1. The second-order valence-corrected chi connectivity index (χ2v) is 6.34. The zero-order valence-electron chi connectivity index (χ0n) is 12.6. The van der Waals surface area contributed by atoms with Crippen LogP contribution in [0.15, 0.2) is 41.3 Å². The van der Waals surface area contributed by atoms with Gasteiger partial charge in [-0.05, 0) is 30.3 Å². The number of carbonyl (C=O) groups is 1. The van der Waals surface area contributed by atoms with Gasteiger partial charge in [-0.15, -0.1) is 11.8 Å². The fourth-order valence-corrected chi connectivity index (χ4v) is 3.14. The molecule has 0 heterocycles. The van der Waals surface area contributed by atoms with Crippen molar-refractivity contribution in [2.45, 2.75) is 4.90 Å². The lowest BCUT2D eigenvalue weighted by atomic mass is 10.2. The maximum Gasteiger partial charge on any atom is 0.234 e. The van der Waals surface area contributed by atoms with E-state index in [-0.39, 0.29) is 11.7 Å². The summed E-state index contributed by atoms with van der Waals surface area (Å²) in [6, 6.07) is 10.3. The largest absolute Gasteiger partial charge is 0.493 e. The van der Waals surface area contributed by atoms with Crippen LogP contribution in [0.2, 0.25) is 10.0 Å². The number of carbonyl (C=O) groups excluding carboxylic acids is 1. The normalized spacial score (nSPS) is 10.3. The molecule has 7 heteroatoms. The molecule has 2 aromatic carbocycles. The molecule has 0 bridgehead atoms. The molecule has 1 N–H and O–H groups in total. The van der Waals surface area contributed by atoms with Gasteiger partial charge in [0.05, 0.1) is 25.0 Å². The Morgan fingerprint density at radius 2 is 1.83 bits per heavy atom. The summed E-state index contributed by atoms with van der Waals surface area (Å²) in [5, 5.41) is 3.95. The first-order valence-electron chi connectivity index (χ1n) is 6.63. The van der Waals surface area contributed by atoms with Gasteiger partial charge in [0.15, 0.2) is 11.5 Å². The average Bonchev–Trinajstić information content (AvgIpc) is 2.55. The van der Waals surface area contributed by atoms with E-state index in [0.717, 1.165) is 4.90 Å². The molecule has 122 valence electrons. The molecule has 0 saturated heterocycles. The van der Waals surface area contributed by atoms with Crippen molar-refractivity contribution in [2.75, 3.05) is 25.3 Å². The van der Waals surface area contributed by atoms with E-state index in [1.807, 2.05) is 0 Å². The molecule has 2 rings (SSSR count). The Morgan fingerprint density at radius 1 is 1.09 bits per heavy atom. The second kappa shape index (κ2) is 8.34. The molecular weight excluding hydrogens is 357 g/mol. The third-order valence-corrected chi connectivity index (χ3v) is 4.65. The van der Waals surface area contributed by atoms with Gasteiger partial charge in [-0.25, -0.2) is 0 Å². The zero-order valence-corrected chi connectivity index (χ0v) is 14.9. The van der Waals surface area contributed by atoms with Crippen molar-refractivity contribution in [2.24, 2.45) is 0 Å². The summed E-state index contributed by atoms with van der Waals surface area (Å²) in [5.74, 6) is 1.22. The van der Waals surface area contributed by atoms with E-state index in [4.69, 9.17) is 32.7 Å². The van der Waals surface area contributed by atoms with Crippen LogP contribution in [0, 0.1) is 0 Å². The van der Waals surface area contributed by atoms with Crippen LogP contribution in [0.3, 0.4) is 0 Å². The van der Waals surface area contributed by atoms with Crippen molar-refractivity contribution in [1.82, 2.24) is 0 Å². The van der Waals surface area contributed by atoms with Crippen molar-refractivity contribution in [1.29, 1.82) is 0 Å². The van der Waals surface area contributed by atoms with Crippen LogP contribution >= 0.6 is 35.0 Å². The first-order valence-corrected chi connectivity index (χ1v) is 8.37. The SMILES string of the molecule is COc1ccc(NC(=O)CSc2cc(Cl)ccc2Cl)cc1OC. The highest BCUT2D eigenvalue weighted by Gasteiger charge is 2.09. The van der Waals surface area contributed by atoms with Crippen LogP contribution < -0.4 is 14.8 Å². The highest BCUT2D eigenvalue weighted by molar-refractivity contribution is 8.00. The summed E-state index contributed by atoms with van der Waals surface area (Å²) < 4.78 is 10.4. The van der Waals surface area contributed by atoms with Crippen molar-refractivity contribution in [3.05, 3.63) is 46.4 Å². The predicted octanol–water partition coefficient (Wildman–Crippen LogP) is 4.74. The van der Waals surface area contributed by atoms with Crippen LogP contribution in [0.25, 0.3) is 0 Å². The van der Waals surface area contributed by atoms with Crippen LogP contribution in [-0.2, 0) is 4.79 Å². The van der Waals surface area contributed by atoms with Gasteiger partial charge in [0.1, 0.15) is 0 Å². The van der Waals surface area contributed by atoms with Gasteiger partial charge < -0.3 is 14.8 Å². The Bertz CT molecular complexity index is 710. The Balaban J connectivity index is 1.98. The van der Waals surface area contributed by atoms with E-state index < -0.39 is 0 Å². The number of ether oxygens (including phenoxy) is 2. The number of thioether (sulfide) groups is 1. The van der Waals surface area contributed by atoms with Gasteiger partial charge >= 0.3 is 0 Å². The molecule has 0 fully saturated rings. The minimum atomic E-state index is -0.154. The van der Waals surface area contributed by atoms with Crippen molar-refractivity contribution in [3.8, 4) is 11.5 Å². The Hall–Kier alpha value is -1.56. The van der Waals surface area contributed by atoms with Crippen LogP contribution in [0.5, 0.6) is 11.5 Å². The van der Waals surface area contributed by atoms with Crippen LogP contribution in [0.1, 0.15) is 0 Å². The number of rotatable bonds is 6. The van der Waals surface area contributed by atoms with E-state index in [1.54, 1.807) is 50.6 Å². The smallest absolute Gasteiger partial charge is 0.234 e. The Morgan fingerprint density at radius 3 is 2.52 bits per heavy atom. The fraction of sp³-hybridized carbons (Fsp3) is 0.188. The molecule has 0 atom stereocenters. The molecule has 0 aromatic heterocycles. The van der Waals surface area contributed by atoms with E-state index in [2.05, 4.69) is 5.32 Å². The maximum absolute atomic E-state index is 12.1. The summed E-state index contributed by atoms with van der Waals surface area (Å²) >= 11 is 13.3. The van der Waals surface area contributed by atoms with Gasteiger partial charge in [-0.2, -0.15) is 0 Å². The zero-order chi connectivity index (χ0) is 16.8. The summed E-state index contributed by atoms with van der Waals surface area (Å²) in [7, 11) is 3.10. The number of nitrogens with one attached hydrogen (secondary N) is 1. The molecule has 0 aliphatic heterocycles. The average molecular weight is 372 g/mol. The summed E-state index contributed by atoms with van der Waals surface area (Å²) in [6.45, 7) is 0. The Labute approximate surface area is 149 Å². The molecule has 0 radical (unpaired) electrons. The number of halogens is 2.